The van der Waals surface area contributed by atoms with E-state index in [2.05, 4.69) is 15.6 Å². The first-order valence-electron chi connectivity index (χ1n) is 7.79. The second kappa shape index (κ2) is 8.62. The number of amides is 1. The van der Waals surface area contributed by atoms with Crippen LogP contribution >= 0.6 is 0 Å². The molecule has 1 heterocycles. The molecule has 0 spiro atoms. The predicted octanol–water partition coefficient (Wildman–Crippen LogP) is 2.02. The third-order valence-corrected chi connectivity index (χ3v) is 3.75. The van der Waals surface area contributed by atoms with Crippen LogP contribution in [0.15, 0.2) is 18.3 Å². The lowest BCUT2D eigenvalue weighted by atomic mass is 10.1. The summed E-state index contributed by atoms with van der Waals surface area (Å²) >= 11 is 0. The van der Waals surface area contributed by atoms with Crippen LogP contribution in [0.5, 0.6) is 5.75 Å². The summed E-state index contributed by atoms with van der Waals surface area (Å²) in [5.74, 6) is 0.590. The molecule has 1 saturated carbocycles. The fourth-order valence-electron chi connectivity index (χ4n) is 2.62. The van der Waals surface area contributed by atoms with E-state index in [1.165, 1.54) is 25.7 Å². The van der Waals surface area contributed by atoms with Gasteiger partial charge in [-0.05, 0) is 32.0 Å². The molecule has 0 radical (unpaired) electrons. The quantitative estimate of drug-likeness (QED) is 0.787. The average molecular weight is 291 g/mol. The van der Waals surface area contributed by atoms with Crippen molar-refractivity contribution in [3.05, 3.63) is 24.0 Å². The monoisotopic (exact) mass is 291 g/mol. The van der Waals surface area contributed by atoms with E-state index in [9.17, 15) is 4.79 Å². The third kappa shape index (κ3) is 5.71. The Balaban J connectivity index is 1.72. The number of rotatable bonds is 6. The molecule has 0 aromatic carbocycles. The van der Waals surface area contributed by atoms with Crippen molar-refractivity contribution in [1.29, 1.82) is 0 Å². The van der Waals surface area contributed by atoms with Gasteiger partial charge < -0.3 is 15.4 Å². The van der Waals surface area contributed by atoms with Crippen LogP contribution in [0.3, 0.4) is 0 Å². The van der Waals surface area contributed by atoms with Crippen LogP contribution in [-0.4, -0.2) is 30.6 Å². The molecule has 0 unspecified atom stereocenters. The van der Waals surface area contributed by atoms with Crippen LogP contribution in [0.1, 0.15) is 44.2 Å². The molecule has 0 saturated heterocycles. The molecule has 21 heavy (non-hydrogen) atoms. The summed E-state index contributed by atoms with van der Waals surface area (Å²) in [6.45, 7) is 0.784. The maximum absolute atomic E-state index is 11.9. The minimum absolute atomic E-state index is 0.0406. The van der Waals surface area contributed by atoms with Crippen molar-refractivity contribution in [2.45, 2.75) is 51.1 Å². The number of pyridine rings is 1. The first-order valence-corrected chi connectivity index (χ1v) is 7.79. The standard InChI is InChI=1S/C16H25N3O2/c1-17-10-14-8-9-15(11-18-14)21-12-16(20)19-13-6-4-2-3-5-7-13/h8-9,11,13,17H,2-7,10,12H2,1H3,(H,19,20). The molecule has 116 valence electrons. The van der Waals surface area contributed by atoms with Crippen LogP contribution in [0.2, 0.25) is 0 Å². The van der Waals surface area contributed by atoms with Crippen LogP contribution in [0, 0.1) is 0 Å². The van der Waals surface area contributed by atoms with Crippen molar-refractivity contribution >= 4 is 5.91 Å². The number of nitrogens with one attached hydrogen (secondary N) is 2. The maximum Gasteiger partial charge on any atom is 0.258 e. The summed E-state index contributed by atoms with van der Waals surface area (Å²) in [6.07, 6.45) is 8.83. The zero-order valence-corrected chi connectivity index (χ0v) is 12.7. The van der Waals surface area contributed by atoms with Crippen LogP contribution in [0.25, 0.3) is 0 Å². The van der Waals surface area contributed by atoms with Crippen molar-refractivity contribution in [3.63, 3.8) is 0 Å². The summed E-state index contributed by atoms with van der Waals surface area (Å²) in [7, 11) is 1.88. The molecule has 2 N–H and O–H groups in total. The van der Waals surface area contributed by atoms with Gasteiger partial charge in [-0.25, -0.2) is 0 Å². The number of hydrogen-bond donors (Lipinski definition) is 2. The van der Waals surface area contributed by atoms with Gasteiger partial charge in [-0.15, -0.1) is 0 Å². The summed E-state index contributed by atoms with van der Waals surface area (Å²) in [5, 5.41) is 6.10. The van der Waals surface area contributed by atoms with Crippen LogP contribution in [-0.2, 0) is 11.3 Å². The van der Waals surface area contributed by atoms with Crippen molar-refractivity contribution in [1.82, 2.24) is 15.6 Å². The molecule has 5 nitrogen and oxygen atoms in total. The van der Waals surface area contributed by atoms with Crippen molar-refractivity contribution < 1.29 is 9.53 Å². The first-order chi connectivity index (χ1) is 10.3. The van der Waals surface area contributed by atoms with Gasteiger partial charge in [0.25, 0.3) is 5.91 Å². The molecule has 1 fully saturated rings. The van der Waals surface area contributed by atoms with E-state index in [0.717, 1.165) is 25.1 Å². The Kier molecular flexibility index (Phi) is 6.47. The average Bonchev–Trinajstić information content (AvgIpc) is 2.75. The second-order valence-electron chi connectivity index (χ2n) is 5.56. The highest BCUT2D eigenvalue weighted by molar-refractivity contribution is 5.77. The predicted molar refractivity (Wildman–Crippen MR) is 82.1 cm³/mol. The largest absolute Gasteiger partial charge is 0.482 e. The van der Waals surface area contributed by atoms with Crippen molar-refractivity contribution in [3.8, 4) is 5.75 Å². The Morgan fingerprint density at radius 1 is 1.29 bits per heavy atom. The van der Waals surface area contributed by atoms with E-state index in [-0.39, 0.29) is 12.5 Å². The Labute approximate surface area is 126 Å². The molecule has 0 aliphatic heterocycles. The smallest absolute Gasteiger partial charge is 0.258 e. The van der Waals surface area contributed by atoms with E-state index < -0.39 is 0 Å². The van der Waals surface area contributed by atoms with E-state index in [1.807, 2.05) is 19.2 Å². The molecule has 5 heteroatoms. The molecule has 1 amide bonds. The highest BCUT2D eigenvalue weighted by atomic mass is 16.5. The molecular formula is C16H25N3O2. The highest BCUT2D eigenvalue weighted by Gasteiger charge is 2.14. The van der Waals surface area contributed by atoms with E-state index >= 15 is 0 Å². The SMILES string of the molecule is CNCc1ccc(OCC(=O)NC2CCCCCC2)cn1. The molecule has 1 aliphatic carbocycles. The van der Waals surface area contributed by atoms with Gasteiger partial charge in [0.1, 0.15) is 5.75 Å². The number of ether oxygens (including phenoxy) is 1. The van der Waals surface area contributed by atoms with Gasteiger partial charge in [-0.2, -0.15) is 0 Å². The lowest BCUT2D eigenvalue weighted by Crippen LogP contribution is -2.37. The van der Waals surface area contributed by atoms with Gasteiger partial charge in [-0.1, -0.05) is 25.7 Å². The van der Waals surface area contributed by atoms with Gasteiger partial charge in [-0.3, -0.25) is 9.78 Å². The van der Waals surface area contributed by atoms with Crippen molar-refractivity contribution in [2.24, 2.45) is 0 Å². The molecule has 1 aromatic heterocycles. The van der Waals surface area contributed by atoms with Crippen molar-refractivity contribution in [2.75, 3.05) is 13.7 Å². The summed E-state index contributed by atoms with van der Waals surface area (Å²) in [4.78, 5) is 16.2. The number of aromatic nitrogens is 1. The Hall–Kier alpha value is -1.62. The van der Waals surface area contributed by atoms with Gasteiger partial charge in [0, 0.05) is 12.6 Å². The topological polar surface area (TPSA) is 63.2 Å². The Morgan fingerprint density at radius 3 is 2.67 bits per heavy atom. The molecule has 2 rings (SSSR count). The fraction of sp³-hybridized carbons (Fsp3) is 0.625. The molecular weight excluding hydrogens is 266 g/mol. The molecule has 0 bridgehead atoms. The zero-order chi connectivity index (χ0) is 14.9. The van der Waals surface area contributed by atoms with Gasteiger partial charge in [0.2, 0.25) is 0 Å². The first kappa shape index (κ1) is 15.8. The highest BCUT2D eigenvalue weighted by Crippen LogP contribution is 2.17. The molecule has 1 aliphatic rings. The lowest BCUT2D eigenvalue weighted by molar-refractivity contribution is -0.123. The minimum atomic E-state index is -0.0406. The number of carbonyl (C=O) groups excluding carboxylic acids is 1. The minimum Gasteiger partial charge on any atom is -0.482 e. The van der Waals surface area contributed by atoms with E-state index in [0.29, 0.717) is 11.8 Å². The number of hydrogen-bond acceptors (Lipinski definition) is 4. The second-order valence-corrected chi connectivity index (χ2v) is 5.56. The number of nitrogens with zero attached hydrogens (tertiary/aromatic N) is 1. The van der Waals surface area contributed by atoms with E-state index in [1.54, 1.807) is 6.20 Å². The van der Waals surface area contributed by atoms with Crippen LogP contribution in [0.4, 0.5) is 0 Å². The normalized spacial score (nSPS) is 16.2. The summed E-state index contributed by atoms with van der Waals surface area (Å²) < 4.78 is 5.48. The maximum atomic E-state index is 11.9. The summed E-state index contributed by atoms with van der Waals surface area (Å²) in [6, 6.07) is 4.06. The molecule has 0 atom stereocenters. The summed E-state index contributed by atoms with van der Waals surface area (Å²) in [5.41, 5.74) is 0.952. The molecule has 1 aromatic rings. The van der Waals surface area contributed by atoms with Gasteiger partial charge in [0.05, 0.1) is 11.9 Å². The Bertz CT molecular complexity index is 426. The van der Waals surface area contributed by atoms with E-state index in [4.69, 9.17) is 4.74 Å². The third-order valence-electron chi connectivity index (χ3n) is 3.75. The Morgan fingerprint density at radius 2 is 2.05 bits per heavy atom. The zero-order valence-electron chi connectivity index (χ0n) is 12.7. The lowest BCUT2D eigenvalue weighted by Gasteiger charge is -2.16. The number of carbonyl (C=O) groups is 1. The fourth-order valence-corrected chi connectivity index (χ4v) is 2.62. The van der Waals surface area contributed by atoms with Gasteiger partial charge in [0.15, 0.2) is 6.61 Å². The van der Waals surface area contributed by atoms with Crippen LogP contribution < -0.4 is 15.4 Å². The van der Waals surface area contributed by atoms with Gasteiger partial charge >= 0.3 is 0 Å².